The molecule has 0 aliphatic carbocycles. The lowest BCUT2D eigenvalue weighted by Gasteiger charge is -2.14. The minimum Gasteiger partial charge on any atom is -0.437 e. The number of rotatable bonds is 5. The van der Waals surface area contributed by atoms with E-state index in [9.17, 15) is 8.78 Å². The van der Waals surface area contributed by atoms with Crippen LogP contribution in [0, 0.1) is 11.6 Å². The molecule has 21 heavy (non-hydrogen) atoms. The summed E-state index contributed by atoms with van der Waals surface area (Å²) in [6.45, 7) is 4.22. The van der Waals surface area contributed by atoms with Crippen molar-refractivity contribution in [1.82, 2.24) is 10.2 Å². The Hall–Kier alpha value is -2.08. The second kappa shape index (κ2) is 6.58. The molecule has 0 amide bonds. The average molecular weight is 293 g/mol. The molecule has 0 atom stereocenters. The fourth-order valence-corrected chi connectivity index (χ4v) is 2.18. The van der Waals surface area contributed by atoms with Gasteiger partial charge in [0.2, 0.25) is 5.88 Å². The number of hydrogen-bond acceptors (Lipinski definition) is 4. The molecular weight excluding hydrogens is 276 g/mol. The van der Waals surface area contributed by atoms with E-state index in [0.717, 1.165) is 41.8 Å². The van der Waals surface area contributed by atoms with Crippen LogP contribution in [0.4, 0.5) is 8.78 Å². The molecule has 0 spiro atoms. The van der Waals surface area contributed by atoms with E-state index in [2.05, 4.69) is 10.2 Å². The molecule has 1 heterocycles. The summed E-state index contributed by atoms with van der Waals surface area (Å²) in [6, 6.07) is 3.30. The van der Waals surface area contributed by atoms with Gasteiger partial charge in [-0.3, -0.25) is 0 Å². The maximum Gasteiger partial charge on any atom is 0.243 e. The quantitative estimate of drug-likeness (QED) is 0.920. The van der Waals surface area contributed by atoms with Crippen LogP contribution in [0.1, 0.15) is 30.7 Å². The summed E-state index contributed by atoms with van der Waals surface area (Å²) in [4.78, 5) is 0. The van der Waals surface area contributed by atoms with Crippen LogP contribution in [0.5, 0.6) is 11.6 Å². The molecule has 2 N–H and O–H groups in total. The van der Waals surface area contributed by atoms with E-state index in [0.29, 0.717) is 0 Å². The minimum absolute atomic E-state index is 0.157. The van der Waals surface area contributed by atoms with Crippen LogP contribution >= 0.6 is 0 Å². The van der Waals surface area contributed by atoms with E-state index in [1.54, 1.807) is 0 Å². The zero-order chi connectivity index (χ0) is 15.4. The summed E-state index contributed by atoms with van der Waals surface area (Å²) in [7, 11) is 0. The Morgan fingerprint density at radius 2 is 1.81 bits per heavy atom. The van der Waals surface area contributed by atoms with E-state index in [1.165, 1.54) is 6.07 Å². The highest BCUT2D eigenvalue weighted by molar-refractivity contribution is 5.39. The van der Waals surface area contributed by atoms with Gasteiger partial charge in [-0.2, -0.15) is 5.10 Å². The van der Waals surface area contributed by atoms with Crippen molar-refractivity contribution in [2.24, 2.45) is 5.73 Å². The van der Waals surface area contributed by atoms with Gasteiger partial charge in [0.1, 0.15) is 5.75 Å². The molecule has 0 bridgehead atoms. The van der Waals surface area contributed by atoms with Gasteiger partial charge in [0.25, 0.3) is 0 Å². The minimum atomic E-state index is -0.976. The Balaban J connectivity index is 2.41. The molecule has 0 radical (unpaired) electrons. The van der Waals surface area contributed by atoms with Gasteiger partial charge < -0.3 is 10.5 Å². The lowest BCUT2D eigenvalue weighted by atomic mass is 10.0. The molecule has 2 rings (SSSR count). The Morgan fingerprint density at radius 1 is 1.05 bits per heavy atom. The molecule has 0 unspecified atom stereocenters. The van der Waals surface area contributed by atoms with Crippen molar-refractivity contribution in [2.45, 2.75) is 33.2 Å². The van der Waals surface area contributed by atoms with Gasteiger partial charge in [0.05, 0.1) is 5.69 Å². The summed E-state index contributed by atoms with van der Waals surface area (Å²) in [6.07, 6.45) is 1.49. The number of nitrogens with two attached hydrogens (primary N) is 1. The van der Waals surface area contributed by atoms with Crippen LogP contribution in [0.25, 0.3) is 0 Å². The fraction of sp³-hybridized carbons (Fsp3) is 0.333. The lowest BCUT2D eigenvalue weighted by Crippen LogP contribution is -2.10. The molecule has 0 fully saturated rings. The smallest absolute Gasteiger partial charge is 0.243 e. The Bertz CT molecular complexity index is 647. The van der Waals surface area contributed by atoms with Gasteiger partial charge in [0, 0.05) is 18.2 Å². The maximum absolute atomic E-state index is 13.2. The molecule has 0 aliphatic heterocycles. The first kappa shape index (κ1) is 15.3. The average Bonchev–Trinajstić information content (AvgIpc) is 2.50. The van der Waals surface area contributed by atoms with Crippen LogP contribution in [0.2, 0.25) is 0 Å². The predicted octanol–water partition coefficient (Wildman–Crippen LogP) is 3.13. The number of hydrogen-bond donors (Lipinski definition) is 1. The molecule has 6 heteroatoms. The van der Waals surface area contributed by atoms with Crippen molar-refractivity contribution in [1.29, 1.82) is 0 Å². The number of aryl methyl sites for hydroxylation is 1. The number of nitrogens with zero attached hydrogens (tertiary/aromatic N) is 2. The van der Waals surface area contributed by atoms with Crippen molar-refractivity contribution in [3.63, 3.8) is 0 Å². The molecular formula is C15H17F2N3O. The third kappa shape index (κ3) is 3.16. The summed E-state index contributed by atoms with van der Waals surface area (Å²) < 4.78 is 31.7. The standard InChI is InChI=1S/C15H17F2N3O/c1-3-10-11(8-18)15(20-19-14(10)4-2)21-9-5-6-12(16)13(17)7-9/h5-7H,3-4,8,18H2,1-2H3. The summed E-state index contributed by atoms with van der Waals surface area (Å²) in [5.74, 6) is -1.51. The largest absolute Gasteiger partial charge is 0.437 e. The van der Waals surface area contributed by atoms with Crippen molar-refractivity contribution in [2.75, 3.05) is 0 Å². The number of benzene rings is 1. The first-order valence-electron chi connectivity index (χ1n) is 6.80. The Morgan fingerprint density at radius 3 is 2.38 bits per heavy atom. The van der Waals surface area contributed by atoms with Gasteiger partial charge in [0.15, 0.2) is 11.6 Å². The number of aromatic nitrogens is 2. The number of ether oxygens (including phenoxy) is 1. The first-order chi connectivity index (χ1) is 10.1. The van der Waals surface area contributed by atoms with Crippen LogP contribution < -0.4 is 10.5 Å². The topological polar surface area (TPSA) is 61.0 Å². The fourth-order valence-electron chi connectivity index (χ4n) is 2.18. The lowest BCUT2D eigenvalue weighted by molar-refractivity contribution is 0.434. The van der Waals surface area contributed by atoms with Gasteiger partial charge in [-0.15, -0.1) is 5.10 Å². The first-order valence-corrected chi connectivity index (χ1v) is 6.80. The summed E-state index contributed by atoms with van der Waals surface area (Å²) in [5.41, 5.74) is 8.39. The predicted molar refractivity (Wildman–Crippen MR) is 75.1 cm³/mol. The normalized spacial score (nSPS) is 10.7. The van der Waals surface area contributed by atoms with E-state index < -0.39 is 11.6 Å². The molecule has 0 saturated carbocycles. The van der Waals surface area contributed by atoms with Crippen LogP contribution in [-0.2, 0) is 19.4 Å². The third-order valence-electron chi connectivity index (χ3n) is 3.23. The van der Waals surface area contributed by atoms with Crippen LogP contribution in [0.3, 0.4) is 0 Å². The molecule has 112 valence electrons. The molecule has 0 saturated heterocycles. The van der Waals surface area contributed by atoms with E-state index in [1.807, 2.05) is 13.8 Å². The zero-order valence-electron chi connectivity index (χ0n) is 12.0. The highest BCUT2D eigenvalue weighted by atomic mass is 19.2. The van der Waals surface area contributed by atoms with Gasteiger partial charge in [-0.25, -0.2) is 8.78 Å². The molecule has 2 aromatic rings. The van der Waals surface area contributed by atoms with Crippen molar-refractivity contribution in [3.05, 3.63) is 46.7 Å². The second-order valence-electron chi connectivity index (χ2n) is 4.50. The SMILES string of the molecule is CCc1nnc(Oc2ccc(F)c(F)c2)c(CN)c1CC. The monoisotopic (exact) mass is 293 g/mol. The second-order valence-corrected chi connectivity index (χ2v) is 4.50. The molecule has 1 aromatic heterocycles. The highest BCUT2D eigenvalue weighted by Crippen LogP contribution is 2.27. The summed E-state index contributed by atoms with van der Waals surface area (Å²) >= 11 is 0. The van der Waals surface area contributed by atoms with Crippen LogP contribution in [-0.4, -0.2) is 10.2 Å². The van der Waals surface area contributed by atoms with E-state index in [-0.39, 0.29) is 18.2 Å². The van der Waals surface area contributed by atoms with Gasteiger partial charge in [-0.05, 0) is 30.5 Å². The zero-order valence-corrected chi connectivity index (χ0v) is 12.0. The molecule has 0 aliphatic rings. The highest BCUT2D eigenvalue weighted by Gasteiger charge is 2.15. The maximum atomic E-state index is 13.2. The number of halogens is 2. The van der Waals surface area contributed by atoms with E-state index >= 15 is 0 Å². The molecule has 4 nitrogen and oxygen atoms in total. The summed E-state index contributed by atoms with van der Waals surface area (Å²) in [5, 5.41) is 8.12. The van der Waals surface area contributed by atoms with Crippen molar-refractivity contribution >= 4 is 0 Å². The van der Waals surface area contributed by atoms with Gasteiger partial charge in [-0.1, -0.05) is 13.8 Å². The van der Waals surface area contributed by atoms with E-state index in [4.69, 9.17) is 10.5 Å². The Kier molecular flexibility index (Phi) is 4.80. The Labute approximate surface area is 122 Å². The van der Waals surface area contributed by atoms with Crippen molar-refractivity contribution in [3.8, 4) is 11.6 Å². The molecule has 1 aromatic carbocycles. The third-order valence-corrected chi connectivity index (χ3v) is 3.23. The van der Waals surface area contributed by atoms with Crippen molar-refractivity contribution < 1.29 is 13.5 Å². The van der Waals surface area contributed by atoms with Crippen LogP contribution in [0.15, 0.2) is 18.2 Å². The van der Waals surface area contributed by atoms with Gasteiger partial charge >= 0.3 is 0 Å².